The van der Waals surface area contributed by atoms with E-state index in [1.807, 2.05) is 0 Å². The summed E-state index contributed by atoms with van der Waals surface area (Å²) >= 11 is 5.89. The van der Waals surface area contributed by atoms with Crippen LogP contribution in [-0.4, -0.2) is 28.9 Å². The topological polar surface area (TPSA) is 95.5 Å². The van der Waals surface area contributed by atoms with Crippen LogP contribution in [0.3, 0.4) is 0 Å². The van der Waals surface area contributed by atoms with E-state index in [0.29, 0.717) is 12.8 Å². The van der Waals surface area contributed by atoms with Gasteiger partial charge in [0.2, 0.25) is 11.8 Å². The number of carboxylic acids is 1. The van der Waals surface area contributed by atoms with Crippen LogP contribution in [0.2, 0.25) is 5.02 Å². The molecule has 2 amide bonds. The Hall–Kier alpha value is -2.08. The van der Waals surface area contributed by atoms with Crippen LogP contribution in [0.15, 0.2) is 18.2 Å². The largest absolute Gasteiger partial charge is 0.478 e. The molecule has 1 atom stereocenters. The maximum absolute atomic E-state index is 11.9. The monoisotopic (exact) mass is 282 g/mol. The van der Waals surface area contributed by atoms with Crippen molar-refractivity contribution < 1.29 is 19.5 Å². The molecule has 3 N–H and O–H groups in total. The number of anilines is 1. The summed E-state index contributed by atoms with van der Waals surface area (Å²) in [4.78, 5) is 33.7. The summed E-state index contributed by atoms with van der Waals surface area (Å²) in [6.45, 7) is 0. The summed E-state index contributed by atoms with van der Waals surface area (Å²) < 4.78 is 0. The molecule has 6 nitrogen and oxygen atoms in total. The Balaban J connectivity index is 2.14. The molecule has 0 unspecified atom stereocenters. The van der Waals surface area contributed by atoms with Gasteiger partial charge in [-0.3, -0.25) is 9.59 Å². The SMILES string of the molecule is O=C1CC[C@@H](C(=O)Nc2cc(C(=O)O)ccc2Cl)N1. The highest BCUT2D eigenvalue weighted by Gasteiger charge is 2.27. The molecule has 0 aromatic heterocycles. The maximum Gasteiger partial charge on any atom is 0.335 e. The maximum atomic E-state index is 11.9. The minimum absolute atomic E-state index is 0.0233. The Labute approximate surface area is 113 Å². The first-order chi connectivity index (χ1) is 8.97. The lowest BCUT2D eigenvalue weighted by Gasteiger charge is -2.12. The molecule has 1 saturated heterocycles. The highest BCUT2D eigenvalue weighted by Crippen LogP contribution is 2.23. The smallest absolute Gasteiger partial charge is 0.335 e. The lowest BCUT2D eigenvalue weighted by atomic mass is 10.1. The van der Waals surface area contributed by atoms with Gasteiger partial charge >= 0.3 is 5.97 Å². The van der Waals surface area contributed by atoms with Gasteiger partial charge in [-0.1, -0.05) is 11.6 Å². The van der Waals surface area contributed by atoms with E-state index < -0.39 is 17.9 Å². The van der Waals surface area contributed by atoms with E-state index in [0.717, 1.165) is 0 Å². The molecule has 0 bridgehead atoms. The number of carbonyl (C=O) groups is 3. The first-order valence-electron chi connectivity index (χ1n) is 5.60. The van der Waals surface area contributed by atoms with Gasteiger partial charge in [-0.2, -0.15) is 0 Å². The molecule has 19 heavy (non-hydrogen) atoms. The molecule has 1 aromatic carbocycles. The molecule has 1 aromatic rings. The van der Waals surface area contributed by atoms with Crippen LogP contribution in [0.1, 0.15) is 23.2 Å². The Kier molecular flexibility index (Phi) is 3.71. The van der Waals surface area contributed by atoms with Crippen LogP contribution in [0.25, 0.3) is 0 Å². The van der Waals surface area contributed by atoms with Crippen LogP contribution >= 0.6 is 11.6 Å². The summed E-state index contributed by atoms with van der Waals surface area (Å²) in [7, 11) is 0. The molecule has 1 aliphatic rings. The molecule has 0 aliphatic carbocycles. The quantitative estimate of drug-likeness (QED) is 0.777. The first kappa shape index (κ1) is 13.4. The number of hydrogen-bond acceptors (Lipinski definition) is 3. The summed E-state index contributed by atoms with van der Waals surface area (Å²) in [5.74, 6) is -1.69. The molecule has 0 radical (unpaired) electrons. The Morgan fingerprint density at radius 3 is 2.74 bits per heavy atom. The van der Waals surface area contributed by atoms with Gasteiger partial charge in [0.25, 0.3) is 0 Å². The predicted octanol–water partition coefficient (Wildman–Crippen LogP) is 1.26. The van der Waals surface area contributed by atoms with E-state index in [1.165, 1.54) is 18.2 Å². The molecule has 0 saturated carbocycles. The van der Waals surface area contributed by atoms with Gasteiger partial charge in [0.15, 0.2) is 0 Å². The van der Waals surface area contributed by atoms with Crippen LogP contribution in [-0.2, 0) is 9.59 Å². The van der Waals surface area contributed by atoms with Crippen molar-refractivity contribution in [2.45, 2.75) is 18.9 Å². The molecular weight excluding hydrogens is 272 g/mol. The fraction of sp³-hybridized carbons (Fsp3) is 0.250. The number of rotatable bonds is 3. The molecule has 1 heterocycles. The fourth-order valence-electron chi connectivity index (χ4n) is 1.78. The fourth-order valence-corrected chi connectivity index (χ4v) is 1.95. The average molecular weight is 283 g/mol. The molecule has 0 spiro atoms. The highest BCUT2D eigenvalue weighted by molar-refractivity contribution is 6.34. The molecule has 100 valence electrons. The summed E-state index contributed by atoms with van der Waals surface area (Å²) in [6.07, 6.45) is 0.724. The second-order valence-electron chi connectivity index (χ2n) is 4.15. The second kappa shape index (κ2) is 5.27. The third kappa shape index (κ3) is 3.03. The zero-order valence-electron chi connectivity index (χ0n) is 9.77. The van der Waals surface area contributed by atoms with Crippen molar-refractivity contribution in [3.05, 3.63) is 28.8 Å². The van der Waals surface area contributed by atoms with Crippen LogP contribution in [0.5, 0.6) is 0 Å². The number of halogens is 1. The molecular formula is C12H11ClN2O4. The number of carboxylic acid groups (broad SMARTS) is 1. The van der Waals surface area contributed by atoms with Crippen molar-refractivity contribution in [1.82, 2.24) is 5.32 Å². The standard InChI is InChI=1S/C12H11ClN2O4/c13-7-2-1-6(12(18)19)5-9(7)15-11(17)8-3-4-10(16)14-8/h1-2,5,8H,3-4H2,(H,14,16)(H,15,17)(H,18,19)/t8-/m0/s1. The molecule has 1 fully saturated rings. The van der Waals surface area contributed by atoms with Gasteiger partial charge in [0.1, 0.15) is 6.04 Å². The highest BCUT2D eigenvalue weighted by atomic mass is 35.5. The van der Waals surface area contributed by atoms with Gasteiger partial charge in [0.05, 0.1) is 16.3 Å². The van der Waals surface area contributed by atoms with Crippen LogP contribution in [0, 0.1) is 0 Å². The normalized spacial score (nSPS) is 17.9. The van der Waals surface area contributed by atoms with E-state index in [9.17, 15) is 14.4 Å². The third-order valence-corrected chi connectivity index (χ3v) is 3.11. The zero-order valence-corrected chi connectivity index (χ0v) is 10.5. The lowest BCUT2D eigenvalue weighted by molar-refractivity contribution is -0.122. The van der Waals surface area contributed by atoms with Crippen LogP contribution < -0.4 is 10.6 Å². The molecule has 7 heteroatoms. The van der Waals surface area contributed by atoms with Gasteiger partial charge in [0, 0.05) is 6.42 Å². The Morgan fingerprint density at radius 2 is 2.16 bits per heavy atom. The zero-order chi connectivity index (χ0) is 14.0. The predicted molar refractivity (Wildman–Crippen MR) is 68.2 cm³/mol. The van der Waals surface area contributed by atoms with Crippen molar-refractivity contribution in [1.29, 1.82) is 0 Å². The van der Waals surface area contributed by atoms with E-state index in [1.54, 1.807) is 0 Å². The minimum atomic E-state index is -1.11. The van der Waals surface area contributed by atoms with E-state index >= 15 is 0 Å². The number of carbonyl (C=O) groups excluding carboxylic acids is 2. The molecule has 1 aliphatic heterocycles. The number of nitrogens with one attached hydrogen (secondary N) is 2. The van der Waals surface area contributed by atoms with Crippen molar-refractivity contribution >= 4 is 35.1 Å². The third-order valence-electron chi connectivity index (χ3n) is 2.78. The summed E-state index contributed by atoms with van der Waals surface area (Å²) in [5.41, 5.74) is 0.239. The van der Waals surface area contributed by atoms with Crippen molar-refractivity contribution in [2.75, 3.05) is 5.32 Å². The number of hydrogen-bond donors (Lipinski definition) is 3. The summed E-state index contributed by atoms with van der Waals surface area (Å²) in [6, 6.07) is 3.42. The number of amides is 2. The van der Waals surface area contributed by atoms with Crippen molar-refractivity contribution in [3.8, 4) is 0 Å². The number of aromatic carboxylic acids is 1. The molecule has 2 rings (SSSR count). The second-order valence-corrected chi connectivity index (χ2v) is 4.56. The van der Waals surface area contributed by atoms with Crippen LogP contribution in [0.4, 0.5) is 5.69 Å². The van der Waals surface area contributed by atoms with Gasteiger partial charge in [-0.05, 0) is 24.6 Å². The minimum Gasteiger partial charge on any atom is -0.478 e. The Bertz CT molecular complexity index is 559. The van der Waals surface area contributed by atoms with Gasteiger partial charge in [-0.15, -0.1) is 0 Å². The van der Waals surface area contributed by atoms with Gasteiger partial charge in [-0.25, -0.2) is 4.79 Å². The Morgan fingerprint density at radius 1 is 1.42 bits per heavy atom. The lowest BCUT2D eigenvalue weighted by Crippen LogP contribution is -2.37. The summed E-state index contributed by atoms with van der Waals surface area (Å²) in [5, 5.41) is 14.1. The number of benzene rings is 1. The van der Waals surface area contributed by atoms with E-state index in [2.05, 4.69) is 10.6 Å². The first-order valence-corrected chi connectivity index (χ1v) is 5.98. The van der Waals surface area contributed by atoms with Crippen molar-refractivity contribution in [2.24, 2.45) is 0 Å². The van der Waals surface area contributed by atoms with Crippen molar-refractivity contribution in [3.63, 3.8) is 0 Å². The van der Waals surface area contributed by atoms with E-state index in [-0.39, 0.29) is 22.2 Å². The average Bonchev–Trinajstić information content (AvgIpc) is 2.78. The van der Waals surface area contributed by atoms with Gasteiger partial charge < -0.3 is 15.7 Å². The van der Waals surface area contributed by atoms with E-state index in [4.69, 9.17) is 16.7 Å².